The molecule has 0 radical (unpaired) electrons. The second kappa shape index (κ2) is 7.29. The molecule has 0 spiro atoms. The van der Waals surface area contributed by atoms with Crippen LogP contribution in [0.15, 0.2) is 4.42 Å². The Balaban J connectivity index is 2.52. The Hall–Kier alpha value is -2.64. The number of carbonyl (C=O) groups excluding carboxylic acids is 2. The number of hydrogen-bond acceptors (Lipinski definition) is 8. The molecule has 1 N–H and O–H groups in total. The van der Waals surface area contributed by atoms with E-state index in [2.05, 4.69) is 15.3 Å². The Morgan fingerprint density at radius 1 is 1.17 bits per heavy atom. The first-order valence-corrected chi connectivity index (χ1v) is 7.77. The molecule has 0 saturated carbocycles. The molecule has 0 aromatic carbocycles. The maximum absolute atomic E-state index is 12.2. The van der Waals surface area contributed by atoms with Gasteiger partial charge in [0.05, 0.1) is 18.6 Å². The van der Waals surface area contributed by atoms with E-state index in [-0.39, 0.29) is 24.5 Å². The van der Waals surface area contributed by atoms with Gasteiger partial charge in [-0.15, -0.1) is 0 Å². The fourth-order valence-corrected chi connectivity index (χ4v) is 2.30. The number of ether oxygens (including phenoxy) is 2. The summed E-state index contributed by atoms with van der Waals surface area (Å²) in [5.41, 5.74) is 0.520. The molecule has 0 aliphatic rings. The second-order valence-corrected chi connectivity index (χ2v) is 5.17. The average molecular weight is 335 g/mol. The lowest BCUT2D eigenvalue weighted by Crippen LogP contribution is -2.29. The number of aryl methyl sites for hydroxylation is 2. The van der Waals surface area contributed by atoms with Gasteiger partial charge in [0.2, 0.25) is 5.71 Å². The van der Waals surface area contributed by atoms with Gasteiger partial charge in [0.1, 0.15) is 29.0 Å². The van der Waals surface area contributed by atoms with Gasteiger partial charge < -0.3 is 19.2 Å². The number of furan rings is 1. The first-order chi connectivity index (χ1) is 11.4. The van der Waals surface area contributed by atoms with Crippen LogP contribution in [0.1, 0.15) is 42.7 Å². The smallest absolute Gasteiger partial charge is 0.342 e. The number of anilines is 1. The highest BCUT2D eigenvalue weighted by Crippen LogP contribution is 2.30. The molecule has 2 aromatic heterocycles. The number of hydrogen-bond donors (Lipinski definition) is 1. The summed E-state index contributed by atoms with van der Waals surface area (Å²) in [5, 5.41) is 3.36. The second-order valence-electron chi connectivity index (χ2n) is 5.17. The lowest BCUT2D eigenvalue weighted by molar-refractivity contribution is -0.143. The molecule has 24 heavy (non-hydrogen) atoms. The fourth-order valence-electron chi connectivity index (χ4n) is 2.30. The van der Waals surface area contributed by atoms with Crippen molar-refractivity contribution in [2.24, 2.45) is 0 Å². The maximum Gasteiger partial charge on any atom is 0.342 e. The minimum Gasteiger partial charge on any atom is -0.464 e. The predicted molar refractivity (Wildman–Crippen MR) is 87.0 cm³/mol. The molecule has 2 aromatic rings. The average Bonchev–Trinajstić information content (AvgIpc) is 2.83. The van der Waals surface area contributed by atoms with Gasteiger partial charge in [-0.25, -0.2) is 14.6 Å². The Labute approximate surface area is 139 Å². The summed E-state index contributed by atoms with van der Waals surface area (Å²) >= 11 is 0. The largest absolute Gasteiger partial charge is 0.464 e. The van der Waals surface area contributed by atoms with Crippen molar-refractivity contribution in [2.45, 2.75) is 40.7 Å². The van der Waals surface area contributed by atoms with E-state index in [9.17, 15) is 9.59 Å². The van der Waals surface area contributed by atoms with Crippen molar-refractivity contribution in [3.63, 3.8) is 0 Å². The van der Waals surface area contributed by atoms with Crippen LogP contribution in [0, 0.1) is 13.8 Å². The monoisotopic (exact) mass is 335 g/mol. The molecule has 2 heterocycles. The molecule has 0 aliphatic carbocycles. The molecule has 0 saturated heterocycles. The van der Waals surface area contributed by atoms with Crippen molar-refractivity contribution in [3.8, 4) is 0 Å². The molecule has 2 rings (SSSR count). The molecule has 0 unspecified atom stereocenters. The van der Waals surface area contributed by atoms with Gasteiger partial charge in [-0.3, -0.25) is 0 Å². The highest BCUT2D eigenvalue weighted by atomic mass is 16.5. The van der Waals surface area contributed by atoms with E-state index in [0.717, 1.165) is 0 Å². The van der Waals surface area contributed by atoms with E-state index in [4.69, 9.17) is 13.9 Å². The Morgan fingerprint density at radius 2 is 1.83 bits per heavy atom. The zero-order valence-electron chi connectivity index (χ0n) is 14.4. The third kappa shape index (κ3) is 3.47. The lowest BCUT2D eigenvalue weighted by atomic mass is 10.1. The number of esters is 2. The minimum absolute atomic E-state index is 0.236. The van der Waals surface area contributed by atoms with Crippen molar-refractivity contribution in [1.82, 2.24) is 9.97 Å². The SMILES string of the molecule is CCOC(=O)c1c(C)oc2nc(C)nc(N[C@@H](C)C(=O)OCC)c12. The van der Waals surface area contributed by atoms with Crippen LogP contribution in [0.2, 0.25) is 0 Å². The van der Waals surface area contributed by atoms with E-state index < -0.39 is 18.0 Å². The third-order valence-electron chi connectivity index (χ3n) is 3.31. The summed E-state index contributed by atoms with van der Waals surface area (Å²) in [7, 11) is 0. The molecular formula is C16H21N3O5. The van der Waals surface area contributed by atoms with Crippen LogP contribution in [-0.4, -0.2) is 41.2 Å². The molecule has 130 valence electrons. The number of fused-ring (bicyclic) bond motifs is 1. The van der Waals surface area contributed by atoms with Gasteiger partial charge >= 0.3 is 11.9 Å². The number of carbonyl (C=O) groups is 2. The van der Waals surface area contributed by atoms with Gasteiger partial charge in [-0.05, 0) is 34.6 Å². The van der Waals surface area contributed by atoms with Crippen LogP contribution >= 0.6 is 0 Å². The Kier molecular flexibility index (Phi) is 5.38. The van der Waals surface area contributed by atoms with Crippen LogP contribution < -0.4 is 5.32 Å². The summed E-state index contributed by atoms with van der Waals surface area (Å²) in [5.74, 6) is 0.228. The highest BCUT2D eigenvalue weighted by molar-refractivity contribution is 6.08. The van der Waals surface area contributed by atoms with Gasteiger partial charge in [0, 0.05) is 0 Å². The molecular weight excluding hydrogens is 314 g/mol. The summed E-state index contributed by atoms with van der Waals surface area (Å²) in [6.45, 7) is 8.97. The molecule has 0 amide bonds. The summed E-state index contributed by atoms with van der Waals surface area (Å²) < 4.78 is 15.6. The van der Waals surface area contributed by atoms with Crippen molar-refractivity contribution >= 4 is 28.9 Å². The first kappa shape index (κ1) is 17.7. The van der Waals surface area contributed by atoms with E-state index in [1.807, 2.05) is 0 Å². The van der Waals surface area contributed by atoms with Crippen LogP contribution in [0.3, 0.4) is 0 Å². The molecule has 8 nitrogen and oxygen atoms in total. The molecule has 8 heteroatoms. The highest BCUT2D eigenvalue weighted by Gasteiger charge is 2.26. The van der Waals surface area contributed by atoms with E-state index in [0.29, 0.717) is 22.8 Å². The van der Waals surface area contributed by atoms with Crippen molar-refractivity contribution in [1.29, 1.82) is 0 Å². The van der Waals surface area contributed by atoms with Crippen molar-refractivity contribution in [3.05, 3.63) is 17.1 Å². The van der Waals surface area contributed by atoms with E-state index >= 15 is 0 Å². The van der Waals surface area contributed by atoms with Crippen LogP contribution in [0.25, 0.3) is 11.1 Å². The Bertz CT molecular complexity index is 769. The van der Waals surface area contributed by atoms with Crippen LogP contribution in [0.4, 0.5) is 5.82 Å². The van der Waals surface area contributed by atoms with Crippen molar-refractivity contribution < 1.29 is 23.5 Å². The topological polar surface area (TPSA) is 104 Å². The van der Waals surface area contributed by atoms with Crippen LogP contribution in [0.5, 0.6) is 0 Å². The quantitative estimate of drug-likeness (QED) is 0.803. The molecule has 0 bridgehead atoms. The molecule has 1 atom stereocenters. The summed E-state index contributed by atoms with van der Waals surface area (Å²) in [6.07, 6.45) is 0. The zero-order valence-corrected chi connectivity index (χ0v) is 14.4. The number of nitrogens with one attached hydrogen (secondary N) is 1. The third-order valence-corrected chi connectivity index (χ3v) is 3.31. The van der Waals surface area contributed by atoms with Gasteiger partial charge in [0.15, 0.2) is 0 Å². The normalized spacial score (nSPS) is 12.0. The minimum atomic E-state index is -0.646. The number of rotatable bonds is 6. The van der Waals surface area contributed by atoms with Crippen LogP contribution in [-0.2, 0) is 14.3 Å². The fraction of sp³-hybridized carbons (Fsp3) is 0.500. The predicted octanol–water partition coefficient (Wildman–Crippen LogP) is 2.38. The number of nitrogens with zero attached hydrogens (tertiary/aromatic N) is 2. The summed E-state index contributed by atoms with van der Waals surface area (Å²) in [4.78, 5) is 32.6. The standard InChI is InChI=1S/C16H21N3O5/c1-6-22-15(20)8(3)17-13-12-11(16(21)23-7-2)9(4)24-14(12)19-10(5)18-13/h8H,6-7H2,1-5H3,(H,17,18,19)/t8-/m0/s1. The maximum atomic E-state index is 12.2. The van der Waals surface area contributed by atoms with Gasteiger partial charge in [-0.1, -0.05) is 0 Å². The Morgan fingerprint density at radius 3 is 2.46 bits per heavy atom. The van der Waals surface area contributed by atoms with Gasteiger partial charge in [-0.2, -0.15) is 4.98 Å². The number of aromatic nitrogens is 2. The zero-order chi connectivity index (χ0) is 17.9. The lowest BCUT2D eigenvalue weighted by Gasteiger charge is -2.14. The summed E-state index contributed by atoms with van der Waals surface area (Å²) in [6, 6.07) is -0.646. The molecule has 0 aliphatic heterocycles. The van der Waals surface area contributed by atoms with Crippen molar-refractivity contribution in [2.75, 3.05) is 18.5 Å². The van der Waals surface area contributed by atoms with Gasteiger partial charge in [0.25, 0.3) is 0 Å². The first-order valence-electron chi connectivity index (χ1n) is 7.77. The molecule has 0 fully saturated rings. The van der Waals surface area contributed by atoms with E-state index in [1.54, 1.807) is 34.6 Å². The van der Waals surface area contributed by atoms with E-state index in [1.165, 1.54) is 0 Å².